The van der Waals surface area contributed by atoms with Crippen LogP contribution in [-0.4, -0.2) is 9.55 Å². The topological polar surface area (TPSA) is 17.8 Å². The Kier molecular flexibility index (Phi) is 3.64. The number of allylic oxidation sites excluding steroid dienone is 1. The number of aromatic nitrogens is 2. The monoisotopic (exact) mass is 248 g/mol. The second kappa shape index (κ2) is 5.19. The van der Waals surface area contributed by atoms with Crippen molar-refractivity contribution in [2.24, 2.45) is 7.05 Å². The first kappa shape index (κ1) is 11.9. The highest BCUT2D eigenvalue weighted by molar-refractivity contribution is 7.99. The molecule has 1 heterocycles. The van der Waals surface area contributed by atoms with Crippen molar-refractivity contribution in [2.75, 3.05) is 0 Å². The van der Waals surface area contributed by atoms with Gasteiger partial charge in [-0.2, -0.15) is 0 Å². The average Bonchev–Trinajstić information content (AvgIpc) is 2.70. The van der Waals surface area contributed by atoms with Crippen molar-refractivity contribution < 1.29 is 4.39 Å². The van der Waals surface area contributed by atoms with E-state index >= 15 is 0 Å². The van der Waals surface area contributed by atoms with Crippen LogP contribution in [0.15, 0.2) is 46.7 Å². The van der Waals surface area contributed by atoms with Gasteiger partial charge >= 0.3 is 0 Å². The van der Waals surface area contributed by atoms with Crippen LogP contribution in [0.5, 0.6) is 0 Å². The first-order valence-electron chi connectivity index (χ1n) is 5.28. The maximum atomic E-state index is 13.7. The molecule has 0 unspecified atom stereocenters. The summed E-state index contributed by atoms with van der Waals surface area (Å²) in [7, 11) is 1.89. The van der Waals surface area contributed by atoms with Gasteiger partial charge in [0, 0.05) is 19.4 Å². The van der Waals surface area contributed by atoms with E-state index in [1.165, 1.54) is 17.8 Å². The first-order chi connectivity index (χ1) is 8.20. The van der Waals surface area contributed by atoms with Gasteiger partial charge in [0.25, 0.3) is 0 Å². The highest BCUT2D eigenvalue weighted by Crippen LogP contribution is 2.29. The van der Waals surface area contributed by atoms with E-state index in [-0.39, 0.29) is 5.82 Å². The van der Waals surface area contributed by atoms with E-state index in [4.69, 9.17) is 0 Å². The van der Waals surface area contributed by atoms with Crippen LogP contribution in [-0.2, 0) is 7.05 Å². The van der Waals surface area contributed by atoms with Crippen LogP contribution in [0.25, 0.3) is 6.08 Å². The summed E-state index contributed by atoms with van der Waals surface area (Å²) in [6.45, 7) is 1.94. The van der Waals surface area contributed by atoms with Crippen molar-refractivity contribution in [3.05, 3.63) is 48.0 Å². The molecule has 0 aliphatic carbocycles. The standard InChI is InChI=1S/C13H13FN2S/c1-3-4-10-5-6-11(14)12(9-10)17-13-15-7-8-16(13)2/h3-9H,1-2H3/b4-3-. The van der Waals surface area contributed by atoms with Gasteiger partial charge in [-0.3, -0.25) is 0 Å². The van der Waals surface area contributed by atoms with Crippen molar-refractivity contribution in [1.82, 2.24) is 9.55 Å². The van der Waals surface area contributed by atoms with E-state index in [1.54, 1.807) is 12.3 Å². The molecule has 1 aromatic carbocycles. The lowest BCUT2D eigenvalue weighted by molar-refractivity contribution is 0.601. The average molecular weight is 248 g/mol. The van der Waals surface area contributed by atoms with Crippen molar-refractivity contribution in [3.63, 3.8) is 0 Å². The fourth-order valence-electron chi connectivity index (χ4n) is 1.44. The number of nitrogens with zero attached hydrogens (tertiary/aromatic N) is 2. The van der Waals surface area contributed by atoms with Crippen LogP contribution in [0, 0.1) is 5.82 Å². The van der Waals surface area contributed by atoms with Gasteiger partial charge in [-0.05, 0) is 36.4 Å². The fourth-order valence-corrected chi connectivity index (χ4v) is 2.32. The Morgan fingerprint density at radius 1 is 1.41 bits per heavy atom. The third-order valence-electron chi connectivity index (χ3n) is 2.29. The van der Waals surface area contributed by atoms with Gasteiger partial charge in [0.05, 0.1) is 4.90 Å². The van der Waals surface area contributed by atoms with Gasteiger partial charge in [-0.25, -0.2) is 9.37 Å². The molecular weight excluding hydrogens is 235 g/mol. The van der Waals surface area contributed by atoms with Crippen LogP contribution < -0.4 is 0 Å². The predicted octanol–water partition coefficient (Wildman–Crippen LogP) is 3.74. The zero-order chi connectivity index (χ0) is 12.3. The Hall–Kier alpha value is -1.55. The highest BCUT2D eigenvalue weighted by atomic mass is 32.2. The molecule has 2 aromatic rings. The van der Waals surface area contributed by atoms with E-state index in [0.717, 1.165) is 10.7 Å². The number of aryl methyl sites for hydroxylation is 1. The molecule has 2 nitrogen and oxygen atoms in total. The maximum absolute atomic E-state index is 13.7. The van der Waals surface area contributed by atoms with Crippen LogP contribution in [0.4, 0.5) is 4.39 Å². The van der Waals surface area contributed by atoms with Gasteiger partial charge in [-0.1, -0.05) is 18.2 Å². The van der Waals surface area contributed by atoms with Gasteiger partial charge in [0.15, 0.2) is 5.16 Å². The molecule has 0 spiro atoms. The second-order valence-corrected chi connectivity index (χ2v) is 4.62. The molecule has 0 N–H and O–H groups in total. The zero-order valence-corrected chi connectivity index (χ0v) is 10.5. The predicted molar refractivity (Wildman–Crippen MR) is 68.4 cm³/mol. The van der Waals surface area contributed by atoms with Gasteiger partial charge in [0.1, 0.15) is 5.82 Å². The van der Waals surface area contributed by atoms with Crippen LogP contribution in [0.2, 0.25) is 0 Å². The highest BCUT2D eigenvalue weighted by Gasteiger charge is 2.07. The molecule has 0 aliphatic heterocycles. The normalized spacial score (nSPS) is 11.2. The summed E-state index contributed by atoms with van der Waals surface area (Å²) >= 11 is 1.33. The Bertz CT molecular complexity index is 546. The zero-order valence-electron chi connectivity index (χ0n) is 9.72. The molecule has 0 saturated carbocycles. The third-order valence-corrected chi connectivity index (χ3v) is 3.40. The summed E-state index contributed by atoms with van der Waals surface area (Å²) in [5.74, 6) is -0.216. The smallest absolute Gasteiger partial charge is 0.172 e. The van der Waals surface area contributed by atoms with E-state index < -0.39 is 0 Å². The van der Waals surface area contributed by atoms with Crippen molar-refractivity contribution in [3.8, 4) is 0 Å². The Balaban J connectivity index is 2.31. The molecule has 0 amide bonds. The summed E-state index contributed by atoms with van der Waals surface area (Å²) in [6, 6.07) is 5.08. The Morgan fingerprint density at radius 2 is 2.24 bits per heavy atom. The van der Waals surface area contributed by atoms with Crippen molar-refractivity contribution in [2.45, 2.75) is 17.0 Å². The molecule has 0 atom stereocenters. The second-order valence-electron chi connectivity index (χ2n) is 3.61. The lowest BCUT2D eigenvalue weighted by atomic mass is 10.2. The first-order valence-corrected chi connectivity index (χ1v) is 6.10. The number of halogens is 1. The minimum absolute atomic E-state index is 0.216. The molecule has 17 heavy (non-hydrogen) atoms. The van der Waals surface area contributed by atoms with Crippen molar-refractivity contribution in [1.29, 1.82) is 0 Å². The summed E-state index contributed by atoms with van der Waals surface area (Å²) < 4.78 is 15.5. The van der Waals surface area contributed by atoms with E-state index in [9.17, 15) is 4.39 Å². The van der Waals surface area contributed by atoms with Gasteiger partial charge in [0.2, 0.25) is 0 Å². The Labute approximate surface area is 104 Å². The molecule has 0 radical (unpaired) electrons. The van der Waals surface area contributed by atoms with Crippen LogP contribution >= 0.6 is 11.8 Å². The third kappa shape index (κ3) is 2.77. The number of imidazole rings is 1. The lowest BCUT2D eigenvalue weighted by Crippen LogP contribution is -1.90. The summed E-state index contributed by atoms with van der Waals surface area (Å²) in [4.78, 5) is 4.76. The summed E-state index contributed by atoms with van der Waals surface area (Å²) in [5.41, 5.74) is 0.991. The number of hydrogen-bond donors (Lipinski definition) is 0. The molecule has 0 aliphatic rings. The molecule has 0 saturated heterocycles. The molecule has 1 aromatic heterocycles. The number of rotatable bonds is 3. The van der Waals surface area contributed by atoms with E-state index in [1.807, 2.05) is 43.0 Å². The van der Waals surface area contributed by atoms with Crippen LogP contribution in [0.3, 0.4) is 0 Å². The minimum atomic E-state index is -0.216. The quantitative estimate of drug-likeness (QED) is 0.823. The van der Waals surface area contributed by atoms with Crippen molar-refractivity contribution >= 4 is 17.8 Å². The molecule has 2 rings (SSSR count). The van der Waals surface area contributed by atoms with E-state index in [0.29, 0.717) is 4.90 Å². The summed E-state index contributed by atoms with van der Waals surface area (Å²) in [6.07, 6.45) is 7.43. The molecule has 0 fully saturated rings. The largest absolute Gasteiger partial charge is 0.329 e. The SMILES string of the molecule is C/C=C\c1ccc(F)c(Sc2nccn2C)c1. The molecular formula is C13H13FN2S. The van der Waals surface area contributed by atoms with Crippen LogP contribution in [0.1, 0.15) is 12.5 Å². The molecule has 0 bridgehead atoms. The minimum Gasteiger partial charge on any atom is -0.329 e. The Morgan fingerprint density at radius 3 is 2.88 bits per heavy atom. The molecule has 88 valence electrons. The lowest BCUT2D eigenvalue weighted by Gasteiger charge is -2.04. The van der Waals surface area contributed by atoms with Gasteiger partial charge in [-0.15, -0.1) is 0 Å². The van der Waals surface area contributed by atoms with Gasteiger partial charge < -0.3 is 4.57 Å². The van der Waals surface area contributed by atoms with E-state index in [2.05, 4.69) is 4.98 Å². The number of benzene rings is 1. The number of hydrogen-bond acceptors (Lipinski definition) is 2. The molecule has 4 heteroatoms. The summed E-state index contributed by atoms with van der Waals surface area (Å²) in [5, 5.41) is 0.779. The fraction of sp³-hybridized carbons (Fsp3) is 0.154. The maximum Gasteiger partial charge on any atom is 0.172 e.